The SMILES string of the molecule is CNCCCNc1cn(C)c2ccccc12. The normalized spacial score (nSPS) is 10.9. The largest absolute Gasteiger partial charge is 0.383 e. The lowest BCUT2D eigenvalue weighted by Crippen LogP contribution is -2.12. The van der Waals surface area contributed by atoms with Gasteiger partial charge in [0.15, 0.2) is 0 Å². The van der Waals surface area contributed by atoms with Gasteiger partial charge in [0.2, 0.25) is 0 Å². The quantitative estimate of drug-likeness (QED) is 0.752. The number of benzene rings is 1. The Labute approximate surface area is 96.5 Å². The molecule has 16 heavy (non-hydrogen) atoms. The number of hydrogen-bond donors (Lipinski definition) is 2. The van der Waals surface area contributed by atoms with Crippen LogP contribution in [0.4, 0.5) is 5.69 Å². The summed E-state index contributed by atoms with van der Waals surface area (Å²) in [5.74, 6) is 0. The van der Waals surface area contributed by atoms with E-state index in [1.807, 2.05) is 7.05 Å². The fourth-order valence-corrected chi connectivity index (χ4v) is 1.97. The second-order valence-electron chi connectivity index (χ2n) is 4.05. The fourth-order valence-electron chi connectivity index (χ4n) is 1.97. The molecule has 0 amide bonds. The minimum atomic E-state index is 1.01. The van der Waals surface area contributed by atoms with E-state index in [0.29, 0.717) is 0 Å². The van der Waals surface area contributed by atoms with Crippen molar-refractivity contribution in [3.8, 4) is 0 Å². The average molecular weight is 217 g/mol. The second kappa shape index (κ2) is 5.03. The van der Waals surface area contributed by atoms with Gasteiger partial charge in [0.05, 0.1) is 5.69 Å². The van der Waals surface area contributed by atoms with Gasteiger partial charge in [-0.25, -0.2) is 0 Å². The Balaban J connectivity index is 2.12. The van der Waals surface area contributed by atoms with Crippen molar-refractivity contribution >= 4 is 16.6 Å². The van der Waals surface area contributed by atoms with E-state index < -0.39 is 0 Å². The molecule has 0 fully saturated rings. The molecule has 3 heteroatoms. The number of hydrogen-bond acceptors (Lipinski definition) is 2. The van der Waals surface area contributed by atoms with Crippen LogP contribution in [0.2, 0.25) is 0 Å². The van der Waals surface area contributed by atoms with Crippen LogP contribution in [0.25, 0.3) is 10.9 Å². The van der Waals surface area contributed by atoms with Crippen LogP contribution < -0.4 is 10.6 Å². The van der Waals surface area contributed by atoms with Crippen molar-refractivity contribution < 1.29 is 0 Å². The standard InChI is InChI=1S/C13H19N3/c1-14-8-5-9-15-12-10-16(2)13-7-4-3-6-11(12)13/h3-4,6-7,10,14-15H,5,8-9H2,1-2H3. The molecule has 1 heterocycles. The number of anilines is 1. The van der Waals surface area contributed by atoms with Gasteiger partial charge in [-0.15, -0.1) is 0 Å². The predicted molar refractivity (Wildman–Crippen MR) is 70.0 cm³/mol. The predicted octanol–water partition coefficient (Wildman–Crippen LogP) is 2.20. The maximum Gasteiger partial charge on any atom is 0.0600 e. The number of rotatable bonds is 5. The van der Waals surface area contributed by atoms with Gasteiger partial charge in [0.25, 0.3) is 0 Å². The molecule has 0 aliphatic rings. The van der Waals surface area contributed by atoms with E-state index in [-0.39, 0.29) is 0 Å². The molecule has 1 aromatic carbocycles. The molecule has 1 aromatic heterocycles. The van der Waals surface area contributed by atoms with E-state index in [0.717, 1.165) is 19.5 Å². The lowest BCUT2D eigenvalue weighted by molar-refractivity contribution is 0.748. The number of aryl methyl sites for hydroxylation is 1. The zero-order valence-corrected chi connectivity index (χ0v) is 9.96. The number of fused-ring (bicyclic) bond motifs is 1. The van der Waals surface area contributed by atoms with Gasteiger partial charge in [-0.05, 0) is 26.1 Å². The molecule has 0 spiro atoms. The number of para-hydroxylation sites is 1. The van der Waals surface area contributed by atoms with Crippen molar-refractivity contribution in [2.75, 3.05) is 25.5 Å². The van der Waals surface area contributed by atoms with E-state index in [9.17, 15) is 0 Å². The third kappa shape index (κ3) is 2.19. The minimum absolute atomic E-state index is 1.01. The van der Waals surface area contributed by atoms with E-state index in [1.54, 1.807) is 0 Å². The van der Waals surface area contributed by atoms with Gasteiger partial charge in [0, 0.05) is 30.7 Å². The summed E-state index contributed by atoms with van der Waals surface area (Å²) in [5.41, 5.74) is 2.51. The Hall–Kier alpha value is -1.48. The van der Waals surface area contributed by atoms with E-state index >= 15 is 0 Å². The van der Waals surface area contributed by atoms with E-state index in [2.05, 4.69) is 52.7 Å². The van der Waals surface area contributed by atoms with Crippen LogP contribution in [-0.2, 0) is 7.05 Å². The van der Waals surface area contributed by atoms with E-state index in [4.69, 9.17) is 0 Å². The Bertz CT molecular complexity index is 459. The molecule has 0 aliphatic carbocycles. The summed E-state index contributed by atoms with van der Waals surface area (Å²) in [6.07, 6.45) is 3.30. The zero-order valence-electron chi connectivity index (χ0n) is 9.96. The summed E-state index contributed by atoms with van der Waals surface area (Å²) in [7, 11) is 4.07. The second-order valence-corrected chi connectivity index (χ2v) is 4.05. The lowest BCUT2D eigenvalue weighted by atomic mass is 10.2. The number of nitrogens with zero attached hydrogens (tertiary/aromatic N) is 1. The fraction of sp³-hybridized carbons (Fsp3) is 0.385. The van der Waals surface area contributed by atoms with Crippen LogP contribution in [0.15, 0.2) is 30.5 Å². The van der Waals surface area contributed by atoms with Crippen molar-refractivity contribution in [2.24, 2.45) is 7.05 Å². The smallest absolute Gasteiger partial charge is 0.0600 e. The third-order valence-electron chi connectivity index (χ3n) is 2.82. The highest BCUT2D eigenvalue weighted by molar-refractivity contribution is 5.92. The Morgan fingerprint density at radius 3 is 2.81 bits per heavy atom. The van der Waals surface area contributed by atoms with Gasteiger partial charge < -0.3 is 15.2 Å². The van der Waals surface area contributed by atoms with Crippen molar-refractivity contribution in [1.82, 2.24) is 9.88 Å². The summed E-state index contributed by atoms with van der Waals surface area (Å²) in [5, 5.41) is 7.93. The van der Waals surface area contributed by atoms with Crippen LogP contribution in [0.1, 0.15) is 6.42 Å². The first-order chi connectivity index (χ1) is 7.83. The highest BCUT2D eigenvalue weighted by Gasteiger charge is 2.03. The summed E-state index contributed by atoms with van der Waals surface area (Å²) >= 11 is 0. The maximum atomic E-state index is 3.48. The molecule has 2 aromatic rings. The molecule has 86 valence electrons. The van der Waals surface area contributed by atoms with Crippen molar-refractivity contribution in [2.45, 2.75) is 6.42 Å². The van der Waals surface area contributed by atoms with Gasteiger partial charge in [-0.2, -0.15) is 0 Å². The highest BCUT2D eigenvalue weighted by atomic mass is 15.0. The summed E-state index contributed by atoms with van der Waals surface area (Å²) in [4.78, 5) is 0. The first kappa shape index (κ1) is 11.0. The first-order valence-corrected chi connectivity index (χ1v) is 5.75. The van der Waals surface area contributed by atoms with Gasteiger partial charge in [-0.1, -0.05) is 18.2 Å². The molecular formula is C13H19N3. The molecule has 2 rings (SSSR count). The van der Waals surface area contributed by atoms with Crippen molar-refractivity contribution in [3.63, 3.8) is 0 Å². The molecule has 3 nitrogen and oxygen atoms in total. The van der Waals surface area contributed by atoms with Crippen LogP contribution in [0.3, 0.4) is 0 Å². The maximum absolute atomic E-state index is 3.48. The van der Waals surface area contributed by atoms with Crippen LogP contribution >= 0.6 is 0 Å². The molecule has 0 unspecified atom stereocenters. The van der Waals surface area contributed by atoms with Gasteiger partial charge >= 0.3 is 0 Å². The van der Waals surface area contributed by atoms with E-state index in [1.165, 1.54) is 16.6 Å². The topological polar surface area (TPSA) is 29.0 Å². The van der Waals surface area contributed by atoms with Crippen LogP contribution in [0.5, 0.6) is 0 Å². The van der Waals surface area contributed by atoms with Gasteiger partial charge in [0.1, 0.15) is 0 Å². The molecule has 0 bridgehead atoms. The van der Waals surface area contributed by atoms with Crippen LogP contribution in [0, 0.1) is 0 Å². The van der Waals surface area contributed by atoms with Crippen molar-refractivity contribution in [3.05, 3.63) is 30.5 Å². The highest BCUT2D eigenvalue weighted by Crippen LogP contribution is 2.24. The lowest BCUT2D eigenvalue weighted by Gasteiger charge is -2.04. The van der Waals surface area contributed by atoms with Gasteiger partial charge in [-0.3, -0.25) is 0 Å². The molecule has 0 radical (unpaired) electrons. The Morgan fingerprint density at radius 2 is 2.00 bits per heavy atom. The third-order valence-corrected chi connectivity index (χ3v) is 2.82. The summed E-state index contributed by atoms with van der Waals surface area (Å²) < 4.78 is 2.16. The average Bonchev–Trinajstić information content (AvgIpc) is 2.63. The number of nitrogens with one attached hydrogen (secondary N) is 2. The summed E-state index contributed by atoms with van der Waals surface area (Å²) in [6, 6.07) is 8.47. The monoisotopic (exact) mass is 217 g/mol. The Morgan fingerprint density at radius 1 is 1.19 bits per heavy atom. The zero-order chi connectivity index (χ0) is 11.4. The number of aromatic nitrogens is 1. The summed E-state index contributed by atoms with van der Waals surface area (Å²) in [6.45, 7) is 2.06. The molecule has 0 aliphatic heterocycles. The molecular weight excluding hydrogens is 198 g/mol. The molecule has 0 atom stereocenters. The first-order valence-electron chi connectivity index (χ1n) is 5.75. The molecule has 0 saturated carbocycles. The van der Waals surface area contributed by atoms with Crippen LogP contribution in [-0.4, -0.2) is 24.7 Å². The molecule has 0 saturated heterocycles. The molecule has 2 N–H and O–H groups in total. The minimum Gasteiger partial charge on any atom is -0.383 e. The Kier molecular flexibility index (Phi) is 3.47. The van der Waals surface area contributed by atoms with Crippen molar-refractivity contribution in [1.29, 1.82) is 0 Å².